The highest BCUT2D eigenvalue weighted by atomic mass is 15.0. The summed E-state index contributed by atoms with van der Waals surface area (Å²) < 4.78 is 6.64. The Bertz CT molecular complexity index is 3640. The Balaban J connectivity index is 1.19. The molecule has 0 radical (unpaired) electrons. The summed E-state index contributed by atoms with van der Waals surface area (Å²) in [6, 6.07) is 65.8. The maximum atomic E-state index is 11.1. The van der Waals surface area contributed by atoms with Crippen molar-refractivity contribution in [1.29, 1.82) is 10.5 Å². The van der Waals surface area contributed by atoms with E-state index >= 15 is 0 Å². The highest BCUT2D eigenvalue weighted by Crippen LogP contribution is 2.45. The Labute approximate surface area is 346 Å². The number of aromatic nitrogens is 3. The second-order valence-corrected chi connectivity index (χ2v) is 15.2. The van der Waals surface area contributed by atoms with Gasteiger partial charge in [0.15, 0.2) is 0 Å². The van der Waals surface area contributed by atoms with Crippen molar-refractivity contribution in [3.63, 3.8) is 0 Å². The smallest absolute Gasteiger partial charge is 0.101 e. The second kappa shape index (κ2) is 13.6. The zero-order chi connectivity index (χ0) is 40.5. The lowest BCUT2D eigenvalue weighted by Crippen LogP contribution is -2.05. The van der Waals surface area contributed by atoms with Crippen LogP contribution in [0.3, 0.4) is 0 Å². The third-order valence-electron chi connectivity index (χ3n) is 12.1. The van der Waals surface area contributed by atoms with Gasteiger partial charge in [-0.05, 0) is 89.8 Å². The standard InChI is InChI=1S/C55H35N5/c1-3-36-16-10-11-21-42(36)53-35(2)58(48-27-26-38(30-45(48)53)37-17-6-4-7-18-37)51-31-40(34-57)52(32-39(51)33-56)60-47-25-15-13-23-44(47)55-50(60)29-28-49-54(55)43-22-12-14-24-46(43)59(49)41-19-8-5-9-20-41/h3-32H,1H2,2H3. The minimum absolute atomic E-state index is 0.465. The Morgan fingerprint density at radius 3 is 1.63 bits per heavy atom. The number of hydrogen-bond acceptors (Lipinski definition) is 2. The molecule has 0 aliphatic carbocycles. The van der Waals surface area contributed by atoms with Gasteiger partial charge in [-0.3, -0.25) is 0 Å². The molecule has 11 rings (SSSR count). The fourth-order valence-corrected chi connectivity index (χ4v) is 9.54. The monoisotopic (exact) mass is 765 g/mol. The van der Waals surface area contributed by atoms with E-state index in [1.54, 1.807) is 0 Å². The van der Waals surface area contributed by atoms with Crippen LogP contribution in [-0.2, 0) is 0 Å². The number of benzene rings is 8. The van der Waals surface area contributed by atoms with Gasteiger partial charge in [-0.25, -0.2) is 0 Å². The van der Waals surface area contributed by atoms with Crippen LogP contribution < -0.4 is 0 Å². The number of para-hydroxylation sites is 3. The second-order valence-electron chi connectivity index (χ2n) is 15.2. The first-order chi connectivity index (χ1) is 29.6. The average molecular weight is 766 g/mol. The van der Waals surface area contributed by atoms with E-state index in [1.165, 1.54) is 0 Å². The van der Waals surface area contributed by atoms with E-state index in [2.05, 4.69) is 173 Å². The maximum Gasteiger partial charge on any atom is 0.101 e. The molecule has 60 heavy (non-hydrogen) atoms. The molecule has 0 aliphatic rings. The van der Waals surface area contributed by atoms with Gasteiger partial charge in [-0.2, -0.15) is 10.5 Å². The Morgan fingerprint density at radius 1 is 0.467 bits per heavy atom. The van der Waals surface area contributed by atoms with Crippen molar-refractivity contribution in [2.24, 2.45) is 0 Å². The molecule has 0 amide bonds. The lowest BCUT2D eigenvalue weighted by atomic mass is 9.95. The van der Waals surface area contributed by atoms with Gasteiger partial charge in [0.1, 0.15) is 12.1 Å². The van der Waals surface area contributed by atoms with Crippen LogP contribution in [0, 0.1) is 29.6 Å². The van der Waals surface area contributed by atoms with Crippen molar-refractivity contribution in [1.82, 2.24) is 13.7 Å². The molecular formula is C55H35N5. The first-order valence-corrected chi connectivity index (χ1v) is 20.0. The number of rotatable bonds is 6. The topological polar surface area (TPSA) is 62.4 Å². The molecule has 280 valence electrons. The van der Waals surface area contributed by atoms with Gasteiger partial charge in [0.05, 0.1) is 50.1 Å². The molecule has 5 heteroatoms. The minimum atomic E-state index is 0.465. The van der Waals surface area contributed by atoms with Crippen LogP contribution in [0.15, 0.2) is 183 Å². The molecule has 8 aromatic carbocycles. The van der Waals surface area contributed by atoms with Crippen molar-refractivity contribution < 1.29 is 0 Å². The fraction of sp³-hybridized carbons (Fsp3) is 0.0182. The molecule has 3 heterocycles. The van der Waals surface area contributed by atoms with Gasteiger partial charge in [-0.1, -0.05) is 128 Å². The van der Waals surface area contributed by atoms with Gasteiger partial charge in [0, 0.05) is 43.9 Å². The van der Waals surface area contributed by atoms with Crippen molar-refractivity contribution in [3.05, 3.63) is 205 Å². The van der Waals surface area contributed by atoms with Gasteiger partial charge in [0.2, 0.25) is 0 Å². The lowest BCUT2D eigenvalue weighted by molar-refractivity contribution is 1.04. The summed E-state index contributed by atoms with van der Waals surface area (Å²) in [5, 5.41) is 27.6. The van der Waals surface area contributed by atoms with E-state index in [1.807, 2.05) is 48.5 Å². The van der Waals surface area contributed by atoms with Crippen LogP contribution in [-0.4, -0.2) is 13.7 Å². The van der Waals surface area contributed by atoms with Crippen molar-refractivity contribution in [3.8, 4) is 51.5 Å². The summed E-state index contributed by atoms with van der Waals surface area (Å²) in [4.78, 5) is 0. The fourth-order valence-electron chi connectivity index (χ4n) is 9.54. The molecule has 0 atom stereocenters. The summed E-state index contributed by atoms with van der Waals surface area (Å²) >= 11 is 0. The number of nitriles is 2. The molecule has 0 aliphatic heterocycles. The predicted octanol–water partition coefficient (Wildman–Crippen LogP) is 13.9. The molecule has 0 fully saturated rings. The quantitative estimate of drug-likeness (QED) is 0.169. The van der Waals surface area contributed by atoms with Gasteiger partial charge >= 0.3 is 0 Å². The number of nitrogens with zero attached hydrogens (tertiary/aromatic N) is 5. The summed E-state index contributed by atoms with van der Waals surface area (Å²) in [5.41, 5.74) is 14.8. The SMILES string of the molecule is C=Cc1ccccc1-c1c(C)n(-c2cc(C#N)c(-n3c4ccccc4c4c5c6ccccc6n(-c6ccccc6)c5ccc43)cc2C#N)c2ccc(-c3ccccc3)cc12. The van der Waals surface area contributed by atoms with E-state index in [9.17, 15) is 10.5 Å². The first kappa shape index (κ1) is 34.8. The largest absolute Gasteiger partial charge is 0.312 e. The van der Waals surface area contributed by atoms with E-state index in [0.717, 1.165) is 93.7 Å². The summed E-state index contributed by atoms with van der Waals surface area (Å²) in [5.74, 6) is 0. The van der Waals surface area contributed by atoms with Crippen molar-refractivity contribution in [2.45, 2.75) is 6.92 Å². The molecule has 0 N–H and O–H groups in total. The third-order valence-corrected chi connectivity index (χ3v) is 12.1. The van der Waals surface area contributed by atoms with E-state index in [4.69, 9.17) is 0 Å². The van der Waals surface area contributed by atoms with Gasteiger partial charge in [-0.15, -0.1) is 0 Å². The summed E-state index contributed by atoms with van der Waals surface area (Å²) in [6.45, 7) is 6.24. The van der Waals surface area contributed by atoms with Crippen molar-refractivity contribution >= 4 is 60.6 Å². The molecule has 0 unspecified atom stereocenters. The van der Waals surface area contributed by atoms with Crippen LogP contribution in [0.25, 0.3) is 99.9 Å². The number of hydrogen-bond donors (Lipinski definition) is 0. The maximum absolute atomic E-state index is 11.1. The zero-order valence-electron chi connectivity index (χ0n) is 32.8. The highest BCUT2D eigenvalue weighted by Gasteiger charge is 2.25. The molecule has 11 aromatic rings. The number of fused-ring (bicyclic) bond motifs is 8. The molecule has 5 nitrogen and oxygen atoms in total. The molecular weight excluding hydrogens is 731 g/mol. The van der Waals surface area contributed by atoms with E-state index in [0.29, 0.717) is 22.5 Å². The van der Waals surface area contributed by atoms with Crippen LogP contribution in [0.5, 0.6) is 0 Å². The van der Waals surface area contributed by atoms with E-state index in [-0.39, 0.29) is 0 Å². The third kappa shape index (κ3) is 5.04. The first-order valence-electron chi connectivity index (χ1n) is 20.0. The molecule has 0 bridgehead atoms. The van der Waals surface area contributed by atoms with Crippen LogP contribution in [0.2, 0.25) is 0 Å². The molecule has 0 spiro atoms. The molecule has 0 saturated carbocycles. The lowest BCUT2D eigenvalue weighted by Gasteiger charge is -2.16. The van der Waals surface area contributed by atoms with Crippen molar-refractivity contribution in [2.75, 3.05) is 0 Å². The highest BCUT2D eigenvalue weighted by molar-refractivity contribution is 6.29. The van der Waals surface area contributed by atoms with Crippen LogP contribution in [0.4, 0.5) is 0 Å². The van der Waals surface area contributed by atoms with Crippen LogP contribution in [0.1, 0.15) is 22.4 Å². The Kier molecular flexibility index (Phi) is 7.91. The Morgan fingerprint density at radius 2 is 0.983 bits per heavy atom. The average Bonchev–Trinajstić information content (AvgIpc) is 3.93. The Hall–Kier alpha value is -8.38. The van der Waals surface area contributed by atoms with E-state index < -0.39 is 0 Å². The predicted molar refractivity (Wildman–Crippen MR) is 247 cm³/mol. The summed E-state index contributed by atoms with van der Waals surface area (Å²) in [6.07, 6.45) is 1.89. The van der Waals surface area contributed by atoms with Gasteiger partial charge < -0.3 is 13.7 Å². The normalized spacial score (nSPS) is 11.4. The minimum Gasteiger partial charge on any atom is -0.312 e. The zero-order valence-corrected chi connectivity index (χ0v) is 32.8. The molecule has 3 aromatic heterocycles. The molecule has 0 saturated heterocycles. The van der Waals surface area contributed by atoms with Gasteiger partial charge in [0.25, 0.3) is 0 Å². The van der Waals surface area contributed by atoms with Crippen LogP contribution >= 0.6 is 0 Å². The summed E-state index contributed by atoms with van der Waals surface area (Å²) in [7, 11) is 0.